The third-order valence-electron chi connectivity index (χ3n) is 4.51. The van der Waals surface area contributed by atoms with Crippen LogP contribution in [0.4, 0.5) is 8.78 Å². The minimum Gasteiger partial charge on any atom is -0.310 e. The minimum absolute atomic E-state index is 0.359. The van der Waals surface area contributed by atoms with E-state index in [9.17, 15) is 8.78 Å². The van der Waals surface area contributed by atoms with Crippen molar-refractivity contribution in [3.05, 3.63) is 35.4 Å². The van der Waals surface area contributed by atoms with Gasteiger partial charge in [-0.15, -0.1) is 0 Å². The van der Waals surface area contributed by atoms with Crippen LogP contribution < -0.4 is 5.32 Å². The molecule has 2 rings (SSSR count). The molecule has 21 heavy (non-hydrogen) atoms. The highest BCUT2D eigenvalue weighted by Crippen LogP contribution is 2.21. The van der Waals surface area contributed by atoms with Crippen LogP contribution in [0.15, 0.2) is 18.2 Å². The van der Waals surface area contributed by atoms with E-state index in [4.69, 9.17) is 0 Å². The van der Waals surface area contributed by atoms with Gasteiger partial charge in [0.25, 0.3) is 0 Å². The molecule has 1 N–H and O–H groups in total. The molecule has 1 saturated heterocycles. The highest BCUT2D eigenvalue weighted by Gasteiger charge is 2.23. The average Bonchev–Trinajstić information content (AvgIpc) is 2.47. The number of piperidine rings is 1. The van der Waals surface area contributed by atoms with E-state index < -0.39 is 11.6 Å². The van der Waals surface area contributed by atoms with Crippen molar-refractivity contribution in [2.24, 2.45) is 5.92 Å². The number of hydrogen-bond acceptors (Lipinski definition) is 2. The second-order valence-corrected chi connectivity index (χ2v) is 6.08. The second-order valence-electron chi connectivity index (χ2n) is 6.08. The van der Waals surface area contributed by atoms with Gasteiger partial charge >= 0.3 is 0 Å². The fourth-order valence-electron chi connectivity index (χ4n) is 3.10. The quantitative estimate of drug-likeness (QED) is 0.863. The summed E-state index contributed by atoms with van der Waals surface area (Å²) in [4.78, 5) is 2.52. The van der Waals surface area contributed by atoms with Gasteiger partial charge in [-0.3, -0.25) is 0 Å². The molecule has 0 aliphatic carbocycles. The highest BCUT2D eigenvalue weighted by molar-refractivity contribution is 5.18. The maximum absolute atomic E-state index is 13.6. The summed E-state index contributed by atoms with van der Waals surface area (Å²) >= 11 is 0. The van der Waals surface area contributed by atoms with Crippen LogP contribution in [0.3, 0.4) is 0 Å². The Morgan fingerprint density at radius 3 is 2.62 bits per heavy atom. The first kappa shape index (κ1) is 16.4. The molecule has 0 bridgehead atoms. The first-order valence-corrected chi connectivity index (χ1v) is 7.99. The minimum atomic E-state index is -0.521. The summed E-state index contributed by atoms with van der Waals surface area (Å²) in [5.41, 5.74) is 0.534. The SMILES string of the molecule is CCCN1CCC(C(C)NCc2ccc(F)cc2F)CC1. The Labute approximate surface area is 126 Å². The molecule has 0 saturated carbocycles. The van der Waals surface area contributed by atoms with Gasteiger partial charge in [0.1, 0.15) is 11.6 Å². The third-order valence-corrected chi connectivity index (χ3v) is 4.51. The lowest BCUT2D eigenvalue weighted by Crippen LogP contribution is -2.42. The van der Waals surface area contributed by atoms with Gasteiger partial charge in [0.05, 0.1) is 0 Å². The molecule has 1 fully saturated rings. The molecule has 4 heteroatoms. The first-order chi connectivity index (χ1) is 10.1. The molecule has 0 aromatic heterocycles. The molecule has 1 aromatic rings. The maximum Gasteiger partial charge on any atom is 0.130 e. The van der Waals surface area contributed by atoms with Crippen molar-refractivity contribution in [2.45, 2.75) is 45.7 Å². The van der Waals surface area contributed by atoms with Crippen molar-refractivity contribution in [1.29, 1.82) is 0 Å². The lowest BCUT2D eigenvalue weighted by atomic mass is 9.90. The molecule has 1 aliphatic rings. The standard InChI is InChI=1S/C17H26F2N2/c1-3-8-21-9-6-14(7-10-21)13(2)20-12-15-4-5-16(18)11-17(15)19/h4-5,11,13-14,20H,3,6-10,12H2,1-2H3. The molecular formula is C17H26F2N2. The molecule has 1 aliphatic heterocycles. The van der Waals surface area contributed by atoms with E-state index in [0.717, 1.165) is 19.2 Å². The van der Waals surface area contributed by atoms with Crippen molar-refractivity contribution in [3.63, 3.8) is 0 Å². The van der Waals surface area contributed by atoms with Crippen LogP contribution in [0.5, 0.6) is 0 Å². The van der Waals surface area contributed by atoms with Crippen molar-refractivity contribution in [1.82, 2.24) is 10.2 Å². The summed E-state index contributed by atoms with van der Waals surface area (Å²) in [5.74, 6) is -0.346. The second kappa shape index (κ2) is 7.85. The van der Waals surface area contributed by atoms with E-state index in [1.807, 2.05) is 0 Å². The van der Waals surface area contributed by atoms with Crippen LogP contribution in [0, 0.1) is 17.6 Å². The molecule has 1 aromatic carbocycles. The molecule has 0 radical (unpaired) electrons. The van der Waals surface area contributed by atoms with Crippen molar-refractivity contribution in [2.75, 3.05) is 19.6 Å². The van der Waals surface area contributed by atoms with Crippen molar-refractivity contribution < 1.29 is 8.78 Å². The topological polar surface area (TPSA) is 15.3 Å². The number of benzene rings is 1. The zero-order valence-corrected chi connectivity index (χ0v) is 13.0. The number of hydrogen-bond donors (Lipinski definition) is 1. The van der Waals surface area contributed by atoms with Gasteiger partial charge in [-0.25, -0.2) is 8.78 Å². The van der Waals surface area contributed by atoms with Crippen molar-refractivity contribution in [3.8, 4) is 0 Å². The van der Waals surface area contributed by atoms with Crippen LogP contribution in [0.25, 0.3) is 0 Å². The largest absolute Gasteiger partial charge is 0.310 e. The molecule has 0 amide bonds. The zero-order valence-electron chi connectivity index (χ0n) is 13.0. The first-order valence-electron chi connectivity index (χ1n) is 7.99. The van der Waals surface area contributed by atoms with Crippen molar-refractivity contribution >= 4 is 0 Å². The molecular weight excluding hydrogens is 270 g/mol. The Balaban J connectivity index is 1.78. The number of nitrogens with one attached hydrogen (secondary N) is 1. The lowest BCUT2D eigenvalue weighted by Gasteiger charge is -2.35. The van der Waals surface area contributed by atoms with E-state index >= 15 is 0 Å². The van der Waals surface area contributed by atoms with Gasteiger partial charge in [0.15, 0.2) is 0 Å². The van der Waals surface area contributed by atoms with E-state index in [0.29, 0.717) is 24.1 Å². The molecule has 118 valence electrons. The monoisotopic (exact) mass is 296 g/mol. The van der Waals surface area contributed by atoms with E-state index in [-0.39, 0.29) is 0 Å². The summed E-state index contributed by atoms with van der Waals surface area (Å²) in [7, 11) is 0. The van der Waals surface area contributed by atoms with E-state index in [1.54, 1.807) is 0 Å². The molecule has 1 unspecified atom stereocenters. The average molecular weight is 296 g/mol. The molecule has 0 spiro atoms. The number of rotatable bonds is 6. The Kier molecular flexibility index (Phi) is 6.12. The number of halogens is 2. The van der Waals surface area contributed by atoms with Gasteiger partial charge in [-0.1, -0.05) is 13.0 Å². The summed E-state index contributed by atoms with van der Waals surface area (Å²) in [5, 5.41) is 3.39. The van der Waals surface area contributed by atoms with Crippen LogP contribution in [0.1, 0.15) is 38.7 Å². The molecule has 2 nitrogen and oxygen atoms in total. The normalized spacial score (nSPS) is 18.9. The summed E-state index contributed by atoms with van der Waals surface area (Å²) < 4.78 is 26.5. The highest BCUT2D eigenvalue weighted by atomic mass is 19.1. The fraction of sp³-hybridized carbons (Fsp3) is 0.647. The van der Waals surface area contributed by atoms with Crippen LogP contribution in [-0.4, -0.2) is 30.6 Å². The van der Waals surface area contributed by atoms with Crippen LogP contribution >= 0.6 is 0 Å². The Bertz CT molecular complexity index is 442. The number of nitrogens with zero attached hydrogens (tertiary/aromatic N) is 1. The predicted octanol–water partition coefficient (Wildman–Crippen LogP) is 3.56. The lowest BCUT2D eigenvalue weighted by molar-refractivity contribution is 0.162. The molecule has 1 heterocycles. The smallest absolute Gasteiger partial charge is 0.130 e. The number of likely N-dealkylation sites (tertiary alicyclic amines) is 1. The van der Waals surface area contributed by atoms with Gasteiger partial charge in [-0.05, 0) is 57.8 Å². The van der Waals surface area contributed by atoms with Gasteiger partial charge in [-0.2, -0.15) is 0 Å². The Morgan fingerprint density at radius 2 is 2.00 bits per heavy atom. The van der Waals surface area contributed by atoms with Crippen LogP contribution in [-0.2, 0) is 6.54 Å². The Hall–Kier alpha value is -1.00. The third kappa shape index (κ3) is 4.75. The van der Waals surface area contributed by atoms with Gasteiger partial charge in [0, 0.05) is 24.2 Å². The summed E-state index contributed by atoms with van der Waals surface area (Å²) in [6, 6.07) is 4.14. The molecule has 1 atom stereocenters. The van der Waals surface area contributed by atoms with Crippen LogP contribution in [0.2, 0.25) is 0 Å². The van der Waals surface area contributed by atoms with E-state index in [1.165, 1.54) is 37.9 Å². The maximum atomic E-state index is 13.6. The van der Waals surface area contributed by atoms with E-state index in [2.05, 4.69) is 24.1 Å². The fourth-order valence-corrected chi connectivity index (χ4v) is 3.10. The summed E-state index contributed by atoms with van der Waals surface area (Å²) in [6.45, 7) is 8.36. The zero-order chi connectivity index (χ0) is 15.2. The van der Waals surface area contributed by atoms with Gasteiger partial charge in [0.2, 0.25) is 0 Å². The Morgan fingerprint density at radius 1 is 1.29 bits per heavy atom. The summed E-state index contributed by atoms with van der Waals surface area (Å²) in [6.07, 6.45) is 3.60. The van der Waals surface area contributed by atoms with Gasteiger partial charge < -0.3 is 10.2 Å². The predicted molar refractivity (Wildman–Crippen MR) is 82.1 cm³/mol.